The van der Waals surface area contributed by atoms with Gasteiger partial charge in [-0.3, -0.25) is 0 Å². The molecule has 0 saturated carbocycles. The van der Waals surface area contributed by atoms with Crippen molar-refractivity contribution in [2.45, 2.75) is 52.8 Å². The van der Waals surface area contributed by atoms with Gasteiger partial charge in [-0.1, -0.05) is 0 Å². The molecule has 0 bridgehead atoms. The van der Waals surface area contributed by atoms with Crippen LogP contribution >= 0.6 is 15.9 Å². The van der Waals surface area contributed by atoms with Crippen LogP contribution in [0.15, 0.2) is 16.6 Å². The van der Waals surface area contributed by atoms with Gasteiger partial charge in [-0.05, 0) is 68.2 Å². The Morgan fingerprint density at radius 2 is 1.89 bits per heavy atom. The van der Waals surface area contributed by atoms with Gasteiger partial charge in [0.15, 0.2) is 11.5 Å². The highest BCUT2D eigenvalue weighted by molar-refractivity contribution is 9.10. The quantitative estimate of drug-likeness (QED) is 0.880. The van der Waals surface area contributed by atoms with Gasteiger partial charge in [0.25, 0.3) is 0 Å². The van der Waals surface area contributed by atoms with E-state index in [1.165, 1.54) is 0 Å². The third-order valence-electron chi connectivity index (χ3n) is 2.47. The highest BCUT2D eigenvalue weighted by Crippen LogP contribution is 2.37. The Labute approximate surface area is 124 Å². The van der Waals surface area contributed by atoms with Crippen LogP contribution in [0, 0.1) is 0 Å². The molecule has 1 rings (SSSR count). The molecule has 0 radical (unpaired) electrons. The summed E-state index contributed by atoms with van der Waals surface area (Å²) in [5, 5.41) is 3.46. The lowest BCUT2D eigenvalue weighted by Crippen LogP contribution is -2.35. The Hall–Kier alpha value is -0.740. The fraction of sp³-hybridized carbons (Fsp3) is 0.600. The van der Waals surface area contributed by atoms with E-state index in [1.807, 2.05) is 19.9 Å². The van der Waals surface area contributed by atoms with E-state index in [2.05, 4.69) is 48.1 Å². The van der Waals surface area contributed by atoms with Crippen LogP contribution in [0.3, 0.4) is 0 Å². The van der Waals surface area contributed by atoms with Crippen molar-refractivity contribution in [2.24, 2.45) is 0 Å². The largest absolute Gasteiger partial charge is 0.493 e. The highest BCUT2D eigenvalue weighted by atomic mass is 79.9. The highest BCUT2D eigenvalue weighted by Gasteiger charge is 2.14. The maximum atomic E-state index is 5.78. The van der Waals surface area contributed by atoms with Crippen molar-refractivity contribution < 1.29 is 9.47 Å². The molecular weight excluding hydrogens is 306 g/mol. The summed E-state index contributed by atoms with van der Waals surface area (Å²) >= 11 is 3.55. The van der Waals surface area contributed by atoms with Crippen molar-refractivity contribution in [1.82, 2.24) is 5.32 Å². The normalized spacial score (nSPS) is 11.8. The molecule has 0 aliphatic heterocycles. The lowest BCUT2D eigenvalue weighted by Gasteiger charge is -2.22. The fourth-order valence-corrected chi connectivity index (χ4v) is 2.18. The van der Waals surface area contributed by atoms with Crippen molar-refractivity contribution >= 4 is 15.9 Å². The van der Waals surface area contributed by atoms with E-state index >= 15 is 0 Å². The van der Waals surface area contributed by atoms with Gasteiger partial charge in [-0.15, -0.1) is 0 Å². The fourth-order valence-electron chi connectivity index (χ4n) is 1.59. The van der Waals surface area contributed by atoms with Crippen LogP contribution in [0.4, 0.5) is 0 Å². The molecule has 0 aliphatic rings. The van der Waals surface area contributed by atoms with Gasteiger partial charge in [-0.2, -0.15) is 0 Å². The Bertz CT molecular complexity index is 425. The van der Waals surface area contributed by atoms with Gasteiger partial charge in [0.05, 0.1) is 17.7 Å². The molecule has 1 aromatic carbocycles. The predicted octanol–water partition coefficient (Wildman–Crippen LogP) is 4.13. The molecule has 1 aromatic rings. The molecule has 0 heterocycles. The van der Waals surface area contributed by atoms with Gasteiger partial charge in [0.1, 0.15) is 0 Å². The minimum Gasteiger partial charge on any atom is -0.493 e. The first-order chi connectivity index (χ1) is 8.73. The van der Waals surface area contributed by atoms with Crippen LogP contribution in [0.2, 0.25) is 0 Å². The first-order valence-corrected chi connectivity index (χ1v) is 7.30. The summed E-state index contributed by atoms with van der Waals surface area (Å²) in [6, 6.07) is 4.08. The van der Waals surface area contributed by atoms with E-state index < -0.39 is 0 Å². The average Bonchev–Trinajstić information content (AvgIpc) is 2.28. The van der Waals surface area contributed by atoms with E-state index in [0.717, 1.165) is 28.1 Å². The third-order valence-corrected chi connectivity index (χ3v) is 3.05. The third kappa shape index (κ3) is 5.41. The predicted molar refractivity (Wildman–Crippen MR) is 83.1 cm³/mol. The zero-order chi connectivity index (χ0) is 14.6. The summed E-state index contributed by atoms with van der Waals surface area (Å²) in [5.74, 6) is 1.52. The number of rotatable bonds is 5. The first-order valence-electron chi connectivity index (χ1n) is 6.51. The monoisotopic (exact) mass is 329 g/mol. The number of hydrogen-bond donors (Lipinski definition) is 1. The Morgan fingerprint density at radius 1 is 1.26 bits per heavy atom. The molecule has 0 saturated heterocycles. The molecule has 0 aromatic heterocycles. The van der Waals surface area contributed by atoms with E-state index in [-0.39, 0.29) is 11.6 Å². The minimum atomic E-state index is 0.0901. The minimum absolute atomic E-state index is 0.0901. The maximum Gasteiger partial charge on any atom is 0.175 e. The summed E-state index contributed by atoms with van der Waals surface area (Å²) in [5.41, 5.74) is 1.25. The standard InChI is InChI=1S/C15H24BrNO2/c1-10(2)19-14-12(16)7-11(8-13(14)18-6)9-17-15(3,4)5/h7-8,10,17H,9H2,1-6H3. The Morgan fingerprint density at radius 3 is 2.37 bits per heavy atom. The Balaban J connectivity index is 2.95. The molecule has 3 nitrogen and oxygen atoms in total. The van der Waals surface area contributed by atoms with Crippen molar-refractivity contribution in [2.75, 3.05) is 7.11 Å². The van der Waals surface area contributed by atoms with Crippen molar-refractivity contribution in [3.63, 3.8) is 0 Å². The number of hydrogen-bond acceptors (Lipinski definition) is 3. The first kappa shape index (κ1) is 16.3. The maximum absolute atomic E-state index is 5.78. The molecule has 0 aliphatic carbocycles. The van der Waals surface area contributed by atoms with Gasteiger partial charge in [0, 0.05) is 12.1 Å². The summed E-state index contributed by atoms with van der Waals surface area (Å²) in [6.45, 7) is 11.2. The summed E-state index contributed by atoms with van der Waals surface area (Å²) in [6.07, 6.45) is 0.115. The van der Waals surface area contributed by atoms with Gasteiger partial charge < -0.3 is 14.8 Å². The second kappa shape index (κ2) is 6.62. The van der Waals surface area contributed by atoms with E-state index in [1.54, 1.807) is 7.11 Å². The van der Waals surface area contributed by atoms with E-state index in [0.29, 0.717) is 0 Å². The lowest BCUT2D eigenvalue weighted by molar-refractivity contribution is 0.228. The molecule has 0 amide bonds. The van der Waals surface area contributed by atoms with Crippen LogP contribution in [0.25, 0.3) is 0 Å². The molecule has 0 atom stereocenters. The molecule has 1 N–H and O–H groups in total. The lowest BCUT2D eigenvalue weighted by atomic mass is 10.1. The van der Waals surface area contributed by atoms with Gasteiger partial charge in [-0.25, -0.2) is 0 Å². The second-order valence-electron chi connectivity index (χ2n) is 5.88. The summed E-state index contributed by atoms with van der Waals surface area (Å²) in [7, 11) is 1.66. The van der Waals surface area contributed by atoms with E-state index in [4.69, 9.17) is 9.47 Å². The van der Waals surface area contributed by atoms with Crippen molar-refractivity contribution in [3.8, 4) is 11.5 Å². The van der Waals surface area contributed by atoms with Gasteiger partial charge in [0.2, 0.25) is 0 Å². The molecule has 0 fully saturated rings. The molecule has 19 heavy (non-hydrogen) atoms. The summed E-state index contributed by atoms with van der Waals surface area (Å²) in [4.78, 5) is 0. The van der Waals surface area contributed by atoms with Crippen LogP contribution in [0.5, 0.6) is 11.5 Å². The van der Waals surface area contributed by atoms with Crippen LogP contribution in [-0.4, -0.2) is 18.8 Å². The SMILES string of the molecule is COc1cc(CNC(C)(C)C)cc(Br)c1OC(C)C. The van der Waals surface area contributed by atoms with Crippen molar-refractivity contribution in [1.29, 1.82) is 0 Å². The van der Waals surface area contributed by atoms with Crippen LogP contribution in [0.1, 0.15) is 40.2 Å². The number of halogens is 1. The molecule has 4 heteroatoms. The topological polar surface area (TPSA) is 30.5 Å². The molecule has 0 spiro atoms. The zero-order valence-corrected chi connectivity index (χ0v) is 14.2. The second-order valence-corrected chi connectivity index (χ2v) is 6.73. The van der Waals surface area contributed by atoms with Crippen LogP contribution < -0.4 is 14.8 Å². The number of ether oxygens (including phenoxy) is 2. The Kier molecular flexibility index (Phi) is 5.68. The smallest absolute Gasteiger partial charge is 0.175 e. The zero-order valence-electron chi connectivity index (χ0n) is 12.6. The average molecular weight is 330 g/mol. The van der Waals surface area contributed by atoms with Crippen LogP contribution in [-0.2, 0) is 6.54 Å². The molecule has 108 valence electrons. The van der Waals surface area contributed by atoms with Gasteiger partial charge >= 0.3 is 0 Å². The number of nitrogens with one attached hydrogen (secondary N) is 1. The molecular formula is C15H24BrNO2. The molecule has 0 unspecified atom stereocenters. The summed E-state index contributed by atoms with van der Waals surface area (Å²) < 4.78 is 12.1. The number of methoxy groups -OCH3 is 1. The van der Waals surface area contributed by atoms with Crippen molar-refractivity contribution in [3.05, 3.63) is 22.2 Å². The number of benzene rings is 1. The van der Waals surface area contributed by atoms with E-state index in [9.17, 15) is 0 Å².